The van der Waals surface area contributed by atoms with Gasteiger partial charge in [-0.3, -0.25) is 10.1 Å². The molecule has 0 amide bonds. The van der Waals surface area contributed by atoms with Gasteiger partial charge >= 0.3 is 0 Å². The Morgan fingerprint density at radius 2 is 2.44 bits per heavy atom. The second-order valence-corrected chi connectivity index (χ2v) is 3.84. The van der Waals surface area contributed by atoms with Crippen molar-refractivity contribution in [3.8, 4) is 0 Å². The van der Waals surface area contributed by atoms with Gasteiger partial charge < -0.3 is 5.32 Å². The Hall–Kier alpha value is -1.49. The quantitative estimate of drug-likeness (QED) is 0.741. The van der Waals surface area contributed by atoms with Gasteiger partial charge in [0.25, 0.3) is 0 Å². The Balaban J connectivity index is 2.18. The molecule has 1 aromatic heterocycles. The number of allylic oxidation sites excluding steroid dienone is 2. The molecule has 1 saturated heterocycles. The zero-order chi connectivity index (χ0) is 11.4. The first-order valence-electron chi connectivity index (χ1n) is 5.58. The summed E-state index contributed by atoms with van der Waals surface area (Å²) in [5.41, 5.74) is 0.816. The molecular formula is C11H17N5. The summed E-state index contributed by atoms with van der Waals surface area (Å²) in [7, 11) is 1.75. The Morgan fingerprint density at radius 1 is 1.56 bits per heavy atom. The van der Waals surface area contributed by atoms with Crippen LogP contribution < -0.4 is 5.32 Å². The van der Waals surface area contributed by atoms with Crippen molar-refractivity contribution < 1.29 is 0 Å². The number of hydrogen-bond donors (Lipinski definition) is 2. The average molecular weight is 219 g/mol. The van der Waals surface area contributed by atoms with Crippen molar-refractivity contribution in [3.05, 3.63) is 23.8 Å². The SMILES string of the molecule is C/C=C\C(=NC)c1n[nH]c(C2CCNC2)n1. The van der Waals surface area contributed by atoms with E-state index in [0.717, 1.165) is 31.0 Å². The van der Waals surface area contributed by atoms with Gasteiger partial charge in [-0.1, -0.05) is 6.08 Å². The van der Waals surface area contributed by atoms with Crippen molar-refractivity contribution in [1.82, 2.24) is 20.5 Å². The normalized spacial score (nSPS) is 22.1. The third-order valence-electron chi connectivity index (χ3n) is 2.74. The van der Waals surface area contributed by atoms with E-state index in [-0.39, 0.29) is 0 Å². The van der Waals surface area contributed by atoms with Crippen LogP contribution in [0.1, 0.15) is 30.9 Å². The Kier molecular flexibility index (Phi) is 3.46. The Bertz CT molecular complexity index is 398. The summed E-state index contributed by atoms with van der Waals surface area (Å²) in [4.78, 5) is 8.65. The summed E-state index contributed by atoms with van der Waals surface area (Å²) >= 11 is 0. The van der Waals surface area contributed by atoms with Crippen LogP contribution in [0.3, 0.4) is 0 Å². The topological polar surface area (TPSA) is 66.0 Å². The van der Waals surface area contributed by atoms with E-state index < -0.39 is 0 Å². The van der Waals surface area contributed by atoms with E-state index in [4.69, 9.17) is 0 Å². The van der Waals surface area contributed by atoms with E-state index in [2.05, 4.69) is 25.5 Å². The number of aromatic nitrogens is 3. The van der Waals surface area contributed by atoms with Gasteiger partial charge in [-0.15, -0.1) is 0 Å². The highest BCUT2D eigenvalue weighted by Crippen LogP contribution is 2.18. The van der Waals surface area contributed by atoms with Gasteiger partial charge in [0.2, 0.25) is 0 Å². The van der Waals surface area contributed by atoms with E-state index in [1.54, 1.807) is 7.05 Å². The van der Waals surface area contributed by atoms with E-state index in [9.17, 15) is 0 Å². The maximum Gasteiger partial charge on any atom is 0.199 e. The lowest BCUT2D eigenvalue weighted by Crippen LogP contribution is -2.09. The lowest BCUT2D eigenvalue weighted by atomic mass is 10.1. The van der Waals surface area contributed by atoms with Gasteiger partial charge in [-0.2, -0.15) is 5.10 Å². The minimum atomic E-state index is 0.463. The van der Waals surface area contributed by atoms with Crippen molar-refractivity contribution in [2.24, 2.45) is 4.99 Å². The summed E-state index contributed by atoms with van der Waals surface area (Å²) in [5.74, 6) is 2.11. The van der Waals surface area contributed by atoms with Crippen LogP contribution >= 0.6 is 0 Å². The molecular weight excluding hydrogens is 202 g/mol. The number of aromatic amines is 1. The molecule has 2 N–H and O–H groups in total. The third-order valence-corrected chi connectivity index (χ3v) is 2.74. The zero-order valence-corrected chi connectivity index (χ0v) is 9.70. The average Bonchev–Trinajstić information content (AvgIpc) is 2.95. The third kappa shape index (κ3) is 2.19. The van der Waals surface area contributed by atoms with Crippen molar-refractivity contribution in [2.45, 2.75) is 19.3 Å². The van der Waals surface area contributed by atoms with Gasteiger partial charge in [0.05, 0.1) is 0 Å². The van der Waals surface area contributed by atoms with Gasteiger partial charge in [0.1, 0.15) is 11.5 Å². The smallest absolute Gasteiger partial charge is 0.199 e. The zero-order valence-electron chi connectivity index (χ0n) is 9.70. The summed E-state index contributed by atoms with van der Waals surface area (Å²) < 4.78 is 0. The first-order valence-corrected chi connectivity index (χ1v) is 5.58. The Morgan fingerprint density at radius 3 is 3.06 bits per heavy atom. The van der Waals surface area contributed by atoms with Crippen LogP contribution in [-0.4, -0.2) is 41.0 Å². The van der Waals surface area contributed by atoms with Gasteiger partial charge in [0.15, 0.2) is 5.82 Å². The molecule has 0 aromatic carbocycles. The summed E-state index contributed by atoms with van der Waals surface area (Å²) in [6, 6.07) is 0. The molecule has 86 valence electrons. The minimum absolute atomic E-state index is 0.463. The van der Waals surface area contributed by atoms with Crippen LogP contribution in [0.2, 0.25) is 0 Å². The van der Waals surface area contributed by atoms with E-state index >= 15 is 0 Å². The van der Waals surface area contributed by atoms with Crippen LogP contribution in [0.15, 0.2) is 17.1 Å². The summed E-state index contributed by atoms with van der Waals surface area (Å²) in [6.07, 6.45) is 4.98. The van der Waals surface area contributed by atoms with E-state index in [1.807, 2.05) is 19.1 Å². The maximum atomic E-state index is 4.49. The van der Waals surface area contributed by atoms with E-state index in [1.165, 1.54) is 0 Å². The van der Waals surface area contributed by atoms with Crippen LogP contribution in [0, 0.1) is 0 Å². The molecule has 1 aromatic rings. The fraction of sp³-hybridized carbons (Fsp3) is 0.545. The number of rotatable bonds is 3. The fourth-order valence-electron chi connectivity index (χ4n) is 1.87. The maximum absolute atomic E-state index is 4.49. The number of H-pyrrole nitrogens is 1. The van der Waals surface area contributed by atoms with Crippen molar-refractivity contribution in [1.29, 1.82) is 0 Å². The van der Waals surface area contributed by atoms with Crippen molar-refractivity contribution >= 4 is 5.71 Å². The molecule has 1 atom stereocenters. The number of nitrogens with one attached hydrogen (secondary N) is 2. The van der Waals surface area contributed by atoms with Gasteiger partial charge in [-0.05, 0) is 26.0 Å². The molecule has 2 rings (SSSR count). The first kappa shape index (κ1) is 11.0. The lowest BCUT2D eigenvalue weighted by molar-refractivity contribution is 0.706. The monoisotopic (exact) mass is 219 g/mol. The van der Waals surface area contributed by atoms with Gasteiger partial charge in [0, 0.05) is 19.5 Å². The minimum Gasteiger partial charge on any atom is -0.316 e. The second-order valence-electron chi connectivity index (χ2n) is 3.84. The highest BCUT2D eigenvalue weighted by atomic mass is 15.2. The molecule has 1 fully saturated rings. The molecule has 1 unspecified atom stereocenters. The van der Waals surface area contributed by atoms with E-state index in [0.29, 0.717) is 11.7 Å². The molecule has 5 nitrogen and oxygen atoms in total. The molecule has 0 radical (unpaired) electrons. The van der Waals surface area contributed by atoms with Crippen LogP contribution in [-0.2, 0) is 0 Å². The molecule has 2 heterocycles. The van der Waals surface area contributed by atoms with Crippen LogP contribution in [0.4, 0.5) is 0 Å². The van der Waals surface area contributed by atoms with Gasteiger partial charge in [-0.25, -0.2) is 4.98 Å². The summed E-state index contributed by atoms with van der Waals surface area (Å²) in [5, 5.41) is 10.5. The molecule has 0 aliphatic carbocycles. The highest BCUT2D eigenvalue weighted by Gasteiger charge is 2.20. The van der Waals surface area contributed by atoms with Crippen LogP contribution in [0.25, 0.3) is 0 Å². The number of nitrogens with zero attached hydrogens (tertiary/aromatic N) is 3. The highest BCUT2D eigenvalue weighted by molar-refractivity contribution is 6.05. The Labute approximate surface area is 95.1 Å². The molecule has 16 heavy (non-hydrogen) atoms. The summed E-state index contributed by atoms with van der Waals surface area (Å²) in [6.45, 7) is 4.00. The standard InChI is InChI=1S/C11H17N5/c1-3-4-9(12-2)11-14-10(15-16-11)8-5-6-13-7-8/h3-4,8,13H,5-7H2,1-2H3,(H,14,15,16)/b4-3-,12-9?. The molecule has 5 heteroatoms. The molecule has 1 aliphatic heterocycles. The van der Waals surface area contributed by atoms with Crippen molar-refractivity contribution in [2.75, 3.05) is 20.1 Å². The second kappa shape index (κ2) is 5.03. The molecule has 0 spiro atoms. The number of hydrogen-bond acceptors (Lipinski definition) is 4. The number of aliphatic imine (C=N–C) groups is 1. The predicted octanol–water partition coefficient (Wildman–Crippen LogP) is 0.877. The van der Waals surface area contributed by atoms with Crippen molar-refractivity contribution in [3.63, 3.8) is 0 Å². The molecule has 0 bridgehead atoms. The predicted molar refractivity (Wildman–Crippen MR) is 63.9 cm³/mol. The molecule has 1 aliphatic rings. The largest absolute Gasteiger partial charge is 0.316 e. The lowest BCUT2D eigenvalue weighted by Gasteiger charge is -2.00. The molecule has 0 saturated carbocycles. The first-order chi connectivity index (χ1) is 7.85. The fourth-order valence-corrected chi connectivity index (χ4v) is 1.87. The van der Waals surface area contributed by atoms with Crippen LogP contribution in [0.5, 0.6) is 0 Å².